The molecule has 1 heterocycles. The van der Waals surface area contributed by atoms with Crippen molar-refractivity contribution < 1.29 is 9.84 Å². The first-order chi connectivity index (χ1) is 11.2. The van der Waals surface area contributed by atoms with E-state index in [9.17, 15) is 5.11 Å². The van der Waals surface area contributed by atoms with Crippen LogP contribution in [-0.4, -0.2) is 15.1 Å². The maximum absolute atomic E-state index is 10.3. The summed E-state index contributed by atoms with van der Waals surface area (Å²) in [4.78, 5) is 5.81. The van der Waals surface area contributed by atoms with Gasteiger partial charge in [-0.2, -0.15) is 0 Å². The van der Waals surface area contributed by atoms with E-state index in [0.717, 1.165) is 16.9 Å². The van der Waals surface area contributed by atoms with Crippen LogP contribution in [-0.2, 0) is 13.0 Å². The maximum atomic E-state index is 10.3. The minimum atomic E-state index is -0.663. The maximum Gasteiger partial charge on any atom is 0.174 e. The lowest BCUT2D eigenvalue weighted by molar-refractivity contribution is 0.172. The molecule has 0 amide bonds. The highest BCUT2D eigenvalue weighted by atomic mass is 32.1. The van der Waals surface area contributed by atoms with E-state index < -0.39 is 6.10 Å². The summed E-state index contributed by atoms with van der Waals surface area (Å²) in [5.41, 5.74) is 2.74. The summed E-state index contributed by atoms with van der Waals surface area (Å²) in [7, 11) is 0. The Bertz CT molecular complexity index is 811. The van der Waals surface area contributed by atoms with Crippen LogP contribution in [0.15, 0.2) is 60.8 Å². The molecule has 118 valence electrons. The highest BCUT2D eigenvalue weighted by Gasteiger charge is 2.13. The standard InChI is InChI=1S/C18H18N2O2S/c21-16(15-11-19-18(23)20-15)10-14-8-4-5-9-17(14)22-12-13-6-2-1-3-7-13/h1-9,11,16,21H,10,12H2,(H2,19,20,23). The molecule has 5 heteroatoms. The number of rotatable bonds is 6. The molecule has 3 rings (SSSR count). The number of benzene rings is 2. The minimum absolute atomic E-state index is 0.452. The van der Waals surface area contributed by atoms with Crippen LogP contribution in [0.5, 0.6) is 5.75 Å². The second-order valence-electron chi connectivity index (χ2n) is 5.30. The summed E-state index contributed by atoms with van der Waals surface area (Å²) in [5.74, 6) is 0.782. The molecule has 0 saturated heterocycles. The van der Waals surface area contributed by atoms with Gasteiger partial charge in [0.25, 0.3) is 0 Å². The van der Waals surface area contributed by atoms with Gasteiger partial charge in [0.15, 0.2) is 4.77 Å². The molecule has 0 radical (unpaired) electrons. The first-order valence-electron chi connectivity index (χ1n) is 7.42. The molecule has 0 aliphatic rings. The van der Waals surface area contributed by atoms with Gasteiger partial charge in [0.2, 0.25) is 0 Å². The summed E-state index contributed by atoms with van der Waals surface area (Å²) in [6.07, 6.45) is 1.48. The Kier molecular flexibility index (Phi) is 4.90. The number of hydrogen-bond acceptors (Lipinski definition) is 3. The third-order valence-corrected chi connectivity index (χ3v) is 3.82. The fourth-order valence-electron chi connectivity index (χ4n) is 2.39. The van der Waals surface area contributed by atoms with Gasteiger partial charge in [0.1, 0.15) is 12.4 Å². The smallest absolute Gasteiger partial charge is 0.174 e. The van der Waals surface area contributed by atoms with Gasteiger partial charge in [-0.1, -0.05) is 48.5 Å². The van der Waals surface area contributed by atoms with Gasteiger partial charge in [0.05, 0.1) is 11.8 Å². The van der Waals surface area contributed by atoms with Crippen molar-refractivity contribution in [2.24, 2.45) is 0 Å². The Morgan fingerprint density at radius 1 is 1.04 bits per heavy atom. The lowest BCUT2D eigenvalue weighted by Crippen LogP contribution is -2.05. The molecular weight excluding hydrogens is 308 g/mol. The van der Waals surface area contributed by atoms with E-state index >= 15 is 0 Å². The summed E-state index contributed by atoms with van der Waals surface area (Å²) in [5, 5.41) is 10.3. The second-order valence-corrected chi connectivity index (χ2v) is 5.71. The molecule has 3 aromatic rings. The van der Waals surface area contributed by atoms with E-state index in [2.05, 4.69) is 9.97 Å². The summed E-state index contributed by atoms with van der Waals surface area (Å²) in [6, 6.07) is 17.8. The van der Waals surface area contributed by atoms with Crippen LogP contribution in [0.4, 0.5) is 0 Å². The quantitative estimate of drug-likeness (QED) is 0.602. The van der Waals surface area contributed by atoms with E-state index in [-0.39, 0.29) is 0 Å². The normalized spacial score (nSPS) is 12.0. The topological polar surface area (TPSA) is 61.0 Å². The molecule has 0 aliphatic carbocycles. The summed E-state index contributed by atoms with van der Waals surface area (Å²) >= 11 is 4.99. The first-order valence-corrected chi connectivity index (χ1v) is 7.83. The molecule has 0 aliphatic heterocycles. The van der Waals surface area contributed by atoms with Crippen LogP contribution < -0.4 is 4.74 Å². The molecular formula is C18H18N2O2S. The van der Waals surface area contributed by atoms with Crippen LogP contribution in [0, 0.1) is 4.77 Å². The molecule has 23 heavy (non-hydrogen) atoms. The van der Waals surface area contributed by atoms with Crippen LogP contribution >= 0.6 is 12.2 Å². The van der Waals surface area contributed by atoms with Gasteiger partial charge >= 0.3 is 0 Å². The third kappa shape index (κ3) is 4.09. The van der Waals surface area contributed by atoms with Gasteiger partial charge in [-0.05, 0) is 29.4 Å². The Morgan fingerprint density at radius 3 is 2.52 bits per heavy atom. The number of H-pyrrole nitrogens is 2. The van der Waals surface area contributed by atoms with E-state index in [0.29, 0.717) is 23.5 Å². The molecule has 1 aromatic heterocycles. The third-order valence-electron chi connectivity index (χ3n) is 3.60. The highest BCUT2D eigenvalue weighted by Crippen LogP contribution is 2.25. The SMILES string of the molecule is OC(Cc1ccccc1OCc1ccccc1)c1c[nH]c(=S)[nH]1. The fraction of sp³-hybridized carbons (Fsp3) is 0.167. The Balaban J connectivity index is 1.71. The van der Waals surface area contributed by atoms with Crippen molar-refractivity contribution in [2.75, 3.05) is 0 Å². The van der Waals surface area contributed by atoms with Crippen molar-refractivity contribution in [3.63, 3.8) is 0 Å². The molecule has 0 fully saturated rings. The number of aliphatic hydroxyl groups excluding tert-OH is 1. The number of aromatic amines is 2. The van der Waals surface area contributed by atoms with Crippen molar-refractivity contribution in [2.45, 2.75) is 19.1 Å². The molecule has 0 spiro atoms. The fourth-order valence-corrected chi connectivity index (χ4v) is 2.57. The Labute approximate surface area is 139 Å². The zero-order valence-corrected chi connectivity index (χ0v) is 13.3. The molecule has 1 unspecified atom stereocenters. The van der Waals surface area contributed by atoms with Gasteiger partial charge < -0.3 is 19.8 Å². The number of nitrogens with one attached hydrogen (secondary N) is 2. The molecule has 2 aromatic carbocycles. The highest BCUT2D eigenvalue weighted by molar-refractivity contribution is 7.71. The van der Waals surface area contributed by atoms with E-state index in [1.165, 1.54) is 0 Å². The van der Waals surface area contributed by atoms with Gasteiger partial charge in [-0.25, -0.2) is 0 Å². The average Bonchev–Trinajstić information content (AvgIpc) is 3.02. The van der Waals surface area contributed by atoms with E-state index in [1.807, 2.05) is 54.6 Å². The number of aliphatic hydroxyl groups is 1. The number of imidazole rings is 1. The zero-order chi connectivity index (χ0) is 16.1. The lowest BCUT2D eigenvalue weighted by Gasteiger charge is -2.14. The number of aromatic nitrogens is 2. The largest absolute Gasteiger partial charge is 0.489 e. The average molecular weight is 326 g/mol. The molecule has 1 atom stereocenters. The van der Waals surface area contributed by atoms with Crippen LogP contribution in [0.3, 0.4) is 0 Å². The predicted octanol–water partition coefficient (Wildman–Crippen LogP) is 3.93. The van der Waals surface area contributed by atoms with Crippen molar-refractivity contribution in [1.82, 2.24) is 9.97 Å². The lowest BCUT2D eigenvalue weighted by atomic mass is 10.1. The predicted molar refractivity (Wildman–Crippen MR) is 91.9 cm³/mol. The number of hydrogen-bond donors (Lipinski definition) is 3. The zero-order valence-electron chi connectivity index (χ0n) is 12.5. The van der Waals surface area contributed by atoms with Crippen LogP contribution in [0.2, 0.25) is 0 Å². The summed E-state index contributed by atoms with van der Waals surface area (Å²) < 4.78 is 6.42. The van der Waals surface area contributed by atoms with Gasteiger partial charge in [-0.3, -0.25) is 0 Å². The van der Waals surface area contributed by atoms with E-state index in [4.69, 9.17) is 17.0 Å². The van der Waals surface area contributed by atoms with Gasteiger partial charge in [0, 0.05) is 12.6 Å². The second kappa shape index (κ2) is 7.26. The van der Waals surface area contributed by atoms with Crippen LogP contribution in [0.1, 0.15) is 22.9 Å². The number of ether oxygens (including phenoxy) is 1. The van der Waals surface area contributed by atoms with Crippen LogP contribution in [0.25, 0.3) is 0 Å². The number of para-hydroxylation sites is 1. The molecule has 3 N–H and O–H groups in total. The van der Waals surface area contributed by atoms with Gasteiger partial charge in [-0.15, -0.1) is 0 Å². The van der Waals surface area contributed by atoms with Crippen molar-refractivity contribution in [3.8, 4) is 5.75 Å². The molecule has 0 saturated carbocycles. The first kappa shape index (κ1) is 15.5. The molecule has 0 bridgehead atoms. The summed E-state index contributed by atoms with van der Waals surface area (Å²) in [6.45, 7) is 0.501. The Morgan fingerprint density at radius 2 is 1.78 bits per heavy atom. The minimum Gasteiger partial charge on any atom is -0.489 e. The van der Waals surface area contributed by atoms with Crippen molar-refractivity contribution >= 4 is 12.2 Å². The molecule has 4 nitrogen and oxygen atoms in total. The van der Waals surface area contributed by atoms with E-state index in [1.54, 1.807) is 6.20 Å². The monoisotopic (exact) mass is 326 g/mol. The Hall–Kier alpha value is -2.37. The van der Waals surface area contributed by atoms with Crippen molar-refractivity contribution in [3.05, 3.63) is 82.4 Å². The van der Waals surface area contributed by atoms with Crippen molar-refractivity contribution in [1.29, 1.82) is 0 Å².